The Morgan fingerprint density at radius 1 is 1.07 bits per heavy atom. The van der Waals surface area contributed by atoms with Crippen molar-refractivity contribution < 1.29 is 19.5 Å². The fourth-order valence-corrected chi connectivity index (χ4v) is 4.31. The largest absolute Gasteiger partial charge is 0.481 e. The van der Waals surface area contributed by atoms with Crippen LogP contribution in [0.25, 0.3) is 0 Å². The number of aromatic nitrogens is 2. The Morgan fingerprint density at radius 2 is 1.71 bits per heavy atom. The number of rotatable bonds is 6. The summed E-state index contributed by atoms with van der Waals surface area (Å²) in [5.41, 5.74) is 0.554. The summed E-state index contributed by atoms with van der Waals surface area (Å²) in [5.74, 6) is -2.80. The topological polar surface area (TPSA) is 113 Å². The van der Waals surface area contributed by atoms with Gasteiger partial charge in [-0.3, -0.25) is 19.1 Å². The maximum atomic E-state index is 12.8. The van der Waals surface area contributed by atoms with Crippen molar-refractivity contribution in [3.05, 3.63) is 11.9 Å². The molecular formula is C20H30N4O4. The average molecular weight is 390 g/mol. The molecule has 0 unspecified atom stereocenters. The van der Waals surface area contributed by atoms with E-state index in [2.05, 4.69) is 15.7 Å². The van der Waals surface area contributed by atoms with Gasteiger partial charge in [-0.15, -0.1) is 0 Å². The Hall–Kier alpha value is -2.38. The Kier molecular flexibility index (Phi) is 6.70. The molecule has 1 aromatic heterocycles. The number of amides is 2. The van der Waals surface area contributed by atoms with Crippen molar-refractivity contribution in [1.29, 1.82) is 0 Å². The zero-order valence-electron chi connectivity index (χ0n) is 16.4. The molecule has 8 heteroatoms. The molecule has 1 heterocycles. The molecule has 0 aliphatic heterocycles. The van der Waals surface area contributed by atoms with Crippen LogP contribution in [0, 0.1) is 11.8 Å². The van der Waals surface area contributed by atoms with Crippen molar-refractivity contribution in [1.82, 2.24) is 15.1 Å². The van der Waals surface area contributed by atoms with Gasteiger partial charge in [0.15, 0.2) is 5.69 Å². The van der Waals surface area contributed by atoms with E-state index in [-0.39, 0.29) is 23.6 Å². The van der Waals surface area contributed by atoms with Crippen LogP contribution >= 0.6 is 0 Å². The second-order valence-corrected chi connectivity index (χ2v) is 7.88. The van der Waals surface area contributed by atoms with Crippen LogP contribution in [0.1, 0.15) is 75.2 Å². The maximum Gasteiger partial charge on any atom is 0.307 e. The van der Waals surface area contributed by atoms with Gasteiger partial charge in [0.2, 0.25) is 5.91 Å². The fraction of sp³-hybridized carbons (Fsp3) is 0.700. The monoisotopic (exact) mass is 390 g/mol. The lowest BCUT2D eigenvalue weighted by atomic mass is 9.78. The number of carbonyl (C=O) groups excluding carboxylic acids is 2. The highest BCUT2D eigenvalue weighted by atomic mass is 16.4. The van der Waals surface area contributed by atoms with E-state index in [1.807, 2.05) is 6.92 Å². The van der Waals surface area contributed by atoms with E-state index >= 15 is 0 Å². The predicted octanol–water partition coefficient (Wildman–Crippen LogP) is 2.80. The number of hydrogen-bond acceptors (Lipinski definition) is 4. The molecule has 0 bridgehead atoms. The molecule has 0 saturated heterocycles. The zero-order valence-corrected chi connectivity index (χ0v) is 16.4. The highest BCUT2D eigenvalue weighted by Crippen LogP contribution is 2.31. The van der Waals surface area contributed by atoms with Crippen LogP contribution in [-0.2, 0) is 16.1 Å². The van der Waals surface area contributed by atoms with Crippen molar-refractivity contribution in [2.24, 2.45) is 11.8 Å². The van der Waals surface area contributed by atoms with Gasteiger partial charge < -0.3 is 15.7 Å². The standard InChI is InChI=1S/C20H30N4O4/c1-2-24-12-16(17(23-24)19(26)21-13-8-4-3-5-9-13)22-18(25)14-10-6-7-11-15(14)20(27)28/h12-15H,2-11H2,1H3,(H,21,26)(H,22,25)(H,27,28)/t14-,15-/m0/s1. The van der Waals surface area contributed by atoms with Gasteiger partial charge in [-0.1, -0.05) is 32.1 Å². The summed E-state index contributed by atoms with van der Waals surface area (Å²) in [4.78, 5) is 37.1. The highest BCUT2D eigenvalue weighted by molar-refractivity contribution is 6.03. The summed E-state index contributed by atoms with van der Waals surface area (Å²) in [7, 11) is 0. The fourth-order valence-electron chi connectivity index (χ4n) is 4.31. The lowest BCUT2D eigenvalue weighted by molar-refractivity contribution is -0.147. The van der Waals surface area contributed by atoms with E-state index in [0.717, 1.165) is 38.5 Å². The summed E-state index contributed by atoms with van der Waals surface area (Å²) in [6.45, 7) is 2.48. The molecule has 3 rings (SSSR count). The van der Waals surface area contributed by atoms with Gasteiger partial charge in [0.05, 0.1) is 17.5 Å². The molecule has 0 radical (unpaired) electrons. The summed E-state index contributed by atoms with van der Waals surface area (Å²) in [6, 6.07) is 0.145. The number of hydrogen-bond donors (Lipinski definition) is 3. The number of carboxylic acids is 1. The normalized spacial score (nSPS) is 23.2. The third-order valence-corrected chi connectivity index (χ3v) is 5.92. The number of nitrogens with one attached hydrogen (secondary N) is 2. The first-order valence-electron chi connectivity index (χ1n) is 10.4. The van der Waals surface area contributed by atoms with Gasteiger partial charge >= 0.3 is 5.97 Å². The molecule has 0 aromatic carbocycles. The van der Waals surface area contributed by atoms with Gasteiger partial charge in [-0.2, -0.15) is 5.10 Å². The molecular weight excluding hydrogens is 360 g/mol. The zero-order chi connectivity index (χ0) is 20.1. The number of aryl methyl sites for hydroxylation is 1. The number of carboxylic acid groups (broad SMARTS) is 1. The number of carbonyl (C=O) groups is 3. The molecule has 2 amide bonds. The molecule has 154 valence electrons. The summed E-state index contributed by atoms with van der Waals surface area (Å²) in [6.07, 6.45) is 9.71. The van der Waals surface area contributed by atoms with Crippen LogP contribution in [-0.4, -0.2) is 38.7 Å². The Balaban J connectivity index is 1.73. The predicted molar refractivity (Wildman–Crippen MR) is 104 cm³/mol. The van der Waals surface area contributed by atoms with E-state index in [1.165, 1.54) is 6.42 Å². The lowest BCUT2D eigenvalue weighted by Crippen LogP contribution is -2.38. The summed E-state index contributed by atoms with van der Waals surface area (Å²) in [5, 5.41) is 19.6. The van der Waals surface area contributed by atoms with Crippen LogP contribution in [0.2, 0.25) is 0 Å². The number of anilines is 1. The number of aliphatic carboxylic acids is 1. The maximum absolute atomic E-state index is 12.8. The smallest absolute Gasteiger partial charge is 0.307 e. The van der Waals surface area contributed by atoms with Crippen molar-refractivity contribution in [2.45, 2.75) is 77.3 Å². The molecule has 1 aromatic rings. The molecule has 28 heavy (non-hydrogen) atoms. The lowest BCUT2D eigenvalue weighted by Gasteiger charge is -2.27. The minimum absolute atomic E-state index is 0.145. The number of nitrogens with zero attached hydrogens (tertiary/aromatic N) is 2. The van der Waals surface area contributed by atoms with Crippen LogP contribution in [0.4, 0.5) is 5.69 Å². The SMILES string of the molecule is CCn1cc(NC(=O)[C@H]2CCCC[C@@H]2C(=O)O)c(C(=O)NC2CCCCC2)n1. The van der Waals surface area contributed by atoms with Gasteiger partial charge in [0, 0.05) is 18.8 Å². The van der Waals surface area contributed by atoms with E-state index in [0.29, 0.717) is 25.1 Å². The van der Waals surface area contributed by atoms with E-state index in [9.17, 15) is 19.5 Å². The van der Waals surface area contributed by atoms with Gasteiger partial charge in [-0.25, -0.2) is 0 Å². The molecule has 3 N–H and O–H groups in total. The quantitative estimate of drug-likeness (QED) is 0.691. The molecule has 2 saturated carbocycles. The molecule has 0 spiro atoms. The van der Waals surface area contributed by atoms with Gasteiger partial charge in [0.25, 0.3) is 5.91 Å². The van der Waals surface area contributed by atoms with Crippen molar-refractivity contribution in [3.8, 4) is 0 Å². The van der Waals surface area contributed by atoms with Crippen LogP contribution < -0.4 is 10.6 Å². The first-order valence-corrected chi connectivity index (χ1v) is 10.4. The molecule has 2 atom stereocenters. The van der Waals surface area contributed by atoms with Crippen LogP contribution in [0.5, 0.6) is 0 Å². The molecule has 2 aliphatic rings. The van der Waals surface area contributed by atoms with Crippen molar-refractivity contribution in [3.63, 3.8) is 0 Å². The Morgan fingerprint density at radius 3 is 2.36 bits per heavy atom. The third kappa shape index (κ3) is 4.72. The van der Waals surface area contributed by atoms with E-state index in [1.54, 1.807) is 10.9 Å². The van der Waals surface area contributed by atoms with Crippen molar-refractivity contribution >= 4 is 23.5 Å². The van der Waals surface area contributed by atoms with Crippen LogP contribution in [0.15, 0.2) is 6.20 Å². The Bertz CT molecular complexity index is 724. The average Bonchev–Trinajstić information content (AvgIpc) is 3.11. The first kappa shape index (κ1) is 20.4. The molecule has 8 nitrogen and oxygen atoms in total. The van der Waals surface area contributed by atoms with Crippen LogP contribution in [0.3, 0.4) is 0 Å². The van der Waals surface area contributed by atoms with E-state index in [4.69, 9.17) is 0 Å². The molecule has 2 aliphatic carbocycles. The second-order valence-electron chi connectivity index (χ2n) is 7.88. The second kappa shape index (κ2) is 9.21. The summed E-state index contributed by atoms with van der Waals surface area (Å²) < 4.78 is 1.61. The summed E-state index contributed by atoms with van der Waals surface area (Å²) >= 11 is 0. The van der Waals surface area contributed by atoms with Gasteiger partial charge in [0.1, 0.15) is 0 Å². The van der Waals surface area contributed by atoms with E-state index < -0.39 is 17.8 Å². The first-order chi connectivity index (χ1) is 13.5. The van der Waals surface area contributed by atoms with Crippen molar-refractivity contribution in [2.75, 3.05) is 5.32 Å². The minimum atomic E-state index is -0.931. The van der Waals surface area contributed by atoms with Gasteiger partial charge in [-0.05, 0) is 32.6 Å². The molecule has 2 fully saturated rings. The minimum Gasteiger partial charge on any atom is -0.481 e. The third-order valence-electron chi connectivity index (χ3n) is 5.92. The Labute approximate surface area is 165 Å². The highest BCUT2D eigenvalue weighted by Gasteiger charge is 2.36.